The minimum Gasteiger partial charge on any atom is -0.487 e. The molecule has 4 aromatic carbocycles. The molecule has 5 rings (SSSR count). The minimum atomic E-state index is -2.43. The van der Waals surface area contributed by atoms with Crippen molar-refractivity contribution >= 4 is 37.0 Å². The summed E-state index contributed by atoms with van der Waals surface area (Å²) in [4.78, 5) is 44.0. The zero-order valence-electron chi connectivity index (χ0n) is 35.3. The molecule has 10 nitrogen and oxygen atoms in total. The lowest BCUT2D eigenvalue weighted by atomic mass is 10.0. The molecule has 1 atom stereocenters. The molecule has 0 unspecified atom stereocenters. The first-order valence-corrected chi connectivity index (χ1v) is 23.0. The number of urea groups is 1. The molecule has 5 aromatic rings. The number of hydrogen-bond acceptors (Lipinski definition) is 6. The smallest absolute Gasteiger partial charge is 0.410 e. The quantitative estimate of drug-likeness (QED) is 0.0674. The molecule has 0 radical (unpaired) electrons. The molecule has 0 aliphatic carbocycles. The van der Waals surface area contributed by atoms with E-state index in [0.717, 1.165) is 34.9 Å². The van der Waals surface area contributed by atoms with Crippen LogP contribution in [-0.4, -0.2) is 55.6 Å². The third-order valence-electron chi connectivity index (χ3n) is 10.4. The molecule has 0 aliphatic rings. The molecular formula is C47H60N4O6Si. The van der Waals surface area contributed by atoms with Gasteiger partial charge in [0, 0.05) is 30.2 Å². The van der Waals surface area contributed by atoms with Crippen molar-refractivity contribution in [3.8, 4) is 5.75 Å². The molecule has 1 heterocycles. The normalized spacial score (nSPS) is 12.5. The van der Waals surface area contributed by atoms with Crippen LogP contribution in [-0.2, 0) is 28.6 Å². The fraction of sp³-hybridized carbons (Fsp3) is 0.383. The topological polar surface area (TPSA) is 122 Å². The summed E-state index contributed by atoms with van der Waals surface area (Å²) < 4.78 is 19.4. The molecule has 0 spiro atoms. The maximum Gasteiger partial charge on any atom is 0.410 e. The number of pyridine rings is 1. The zero-order chi connectivity index (χ0) is 41.9. The molecular weight excluding hydrogens is 745 g/mol. The van der Waals surface area contributed by atoms with Gasteiger partial charge in [0.2, 0.25) is 5.56 Å². The molecule has 0 saturated carbocycles. The summed E-state index contributed by atoms with van der Waals surface area (Å²) in [6.45, 7) is 18.0. The fourth-order valence-electron chi connectivity index (χ4n) is 6.23. The van der Waals surface area contributed by atoms with E-state index in [1.165, 1.54) is 11.6 Å². The van der Waals surface area contributed by atoms with Gasteiger partial charge >= 0.3 is 12.1 Å². The highest BCUT2D eigenvalue weighted by molar-refractivity contribution is 6.74. The van der Waals surface area contributed by atoms with E-state index in [-0.39, 0.29) is 23.2 Å². The number of H-pyrrole nitrogens is 1. The number of nitrogens with zero attached hydrogens (tertiary/aromatic N) is 1. The molecule has 11 heteroatoms. The third-order valence-corrected chi connectivity index (χ3v) is 14.9. The number of benzene rings is 4. The summed E-state index contributed by atoms with van der Waals surface area (Å²) in [5.74, 6) is 0.550. The van der Waals surface area contributed by atoms with E-state index < -0.39 is 26.1 Å². The van der Waals surface area contributed by atoms with E-state index in [0.29, 0.717) is 43.1 Å². The van der Waals surface area contributed by atoms with Crippen LogP contribution in [0.15, 0.2) is 114 Å². The second-order valence-corrected chi connectivity index (χ2v) is 22.0. The van der Waals surface area contributed by atoms with Crippen LogP contribution < -0.4 is 20.9 Å². The molecule has 0 aliphatic heterocycles. The van der Waals surface area contributed by atoms with Gasteiger partial charge in [-0.15, -0.1) is 0 Å². The third kappa shape index (κ3) is 12.8. The Morgan fingerprint density at radius 2 is 1.41 bits per heavy atom. The van der Waals surface area contributed by atoms with Gasteiger partial charge in [0.1, 0.15) is 18.0 Å². The number of anilines is 1. The summed E-state index contributed by atoms with van der Waals surface area (Å²) in [6, 6.07) is 34.7. The standard InChI is InChI=1S/C47H60N4O6Si/c1-46(2,3)56-45(54)51(31-29-35-21-23-37(24-22-35)49-44(53)48-30-15-20-34-16-11-9-12-17-34)32-41(57-58(7,8)47(4,5)6)38-25-27-40(43-39(38)26-28-42(52)50-43)55-33-36-18-13-10-14-19-36/h9-14,16-19,21-28,41H,15,20,29-33H2,1-8H3,(H,50,52)(H2,48,49,53)/t41-/m0/s1. The molecule has 3 amide bonds. The average Bonchev–Trinajstić information content (AvgIpc) is 3.17. The van der Waals surface area contributed by atoms with E-state index in [1.54, 1.807) is 11.0 Å². The Balaban J connectivity index is 1.36. The van der Waals surface area contributed by atoms with Crippen LogP contribution in [0.3, 0.4) is 0 Å². The molecule has 3 N–H and O–H groups in total. The van der Waals surface area contributed by atoms with Crippen molar-refractivity contribution in [2.45, 2.75) is 97.2 Å². The monoisotopic (exact) mass is 804 g/mol. The summed E-state index contributed by atoms with van der Waals surface area (Å²) in [5, 5.41) is 6.50. The number of fused-ring (bicyclic) bond motifs is 1. The lowest BCUT2D eigenvalue weighted by Gasteiger charge is -2.41. The van der Waals surface area contributed by atoms with E-state index in [4.69, 9.17) is 13.9 Å². The van der Waals surface area contributed by atoms with Crippen molar-refractivity contribution in [1.29, 1.82) is 0 Å². The van der Waals surface area contributed by atoms with Gasteiger partial charge in [-0.05, 0) is 105 Å². The summed E-state index contributed by atoms with van der Waals surface area (Å²) in [5.41, 5.74) is 4.37. The first kappa shape index (κ1) is 43.7. The first-order valence-electron chi connectivity index (χ1n) is 20.1. The van der Waals surface area contributed by atoms with Crippen LogP contribution in [0.5, 0.6) is 5.75 Å². The van der Waals surface area contributed by atoms with Gasteiger partial charge in [-0.3, -0.25) is 4.79 Å². The van der Waals surface area contributed by atoms with Gasteiger partial charge in [-0.1, -0.05) is 99.6 Å². The Labute approximate surface area is 344 Å². The molecule has 0 saturated heterocycles. The number of nitrogens with one attached hydrogen (secondary N) is 3. The van der Waals surface area contributed by atoms with Crippen LogP contribution in [0.1, 0.15) is 76.3 Å². The lowest BCUT2D eigenvalue weighted by Crippen LogP contribution is -2.46. The second kappa shape index (κ2) is 19.4. The van der Waals surface area contributed by atoms with E-state index in [1.807, 2.05) is 106 Å². The van der Waals surface area contributed by atoms with E-state index in [2.05, 4.69) is 61.6 Å². The van der Waals surface area contributed by atoms with Crippen molar-refractivity contribution in [3.63, 3.8) is 0 Å². The number of aromatic nitrogens is 1. The Bertz CT molecular complexity index is 2160. The van der Waals surface area contributed by atoms with E-state index in [9.17, 15) is 14.4 Å². The predicted molar refractivity (Wildman–Crippen MR) is 236 cm³/mol. The highest BCUT2D eigenvalue weighted by Gasteiger charge is 2.41. The number of aryl methyl sites for hydroxylation is 1. The zero-order valence-corrected chi connectivity index (χ0v) is 36.3. The van der Waals surface area contributed by atoms with Crippen LogP contribution in [0.2, 0.25) is 18.1 Å². The van der Waals surface area contributed by atoms with Crippen molar-refractivity contribution in [2.24, 2.45) is 0 Å². The molecule has 0 bridgehead atoms. The summed E-state index contributed by atoms with van der Waals surface area (Å²) in [6.07, 6.45) is 1.28. The predicted octanol–water partition coefficient (Wildman–Crippen LogP) is 10.4. The molecule has 0 fully saturated rings. The van der Waals surface area contributed by atoms with Crippen LogP contribution >= 0.6 is 0 Å². The van der Waals surface area contributed by atoms with Gasteiger partial charge in [-0.2, -0.15) is 0 Å². The van der Waals surface area contributed by atoms with Crippen LogP contribution in [0.25, 0.3) is 10.9 Å². The summed E-state index contributed by atoms with van der Waals surface area (Å²) >= 11 is 0. The Morgan fingerprint density at radius 3 is 2.05 bits per heavy atom. The highest BCUT2D eigenvalue weighted by Crippen LogP contribution is 2.42. The van der Waals surface area contributed by atoms with Gasteiger partial charge in [0.25, 0.3) is 0 Å². The average molecular weight is 805 g/mol. The highest BCUT2D eigenvalue weighted by atomic mass is 28.4. The Hall–Kier alpha value is -5.39. The first-order chi connectivity index (χ1) is 27.5. The van der Waals surface area contributed by atoms with Crippen LogP contribution in [0, 0.1) is 0 Å². The maximum atomic E-state index is 14.0. The van der Waals surface area contributed by atoms with Crippen molar-refractivity contribution in [3.05, 3.63) is 142 Å². The van der Waals surface area contributed by atoms with Gasteiger partial charge in [0.15, 0.2) is 8.32 Å². The number of rotatable bonds is 16. The fourth-order valence-corrected chi connectivity index (χ4v) is 7.50. The number of carbonyl (C=O) groups excluding carboxylic acids is 2. The number of aromatic amines is 1. The number of hydrogen-bond donors (Lipinski definition) is 3. The summed E-state index contributed by atoms with van der Waals surface area (Å²) in [7, 11) is -2.43. The van der Waals surface area contributed by atoms with E-state index >= 15 is 0 Å². The largest absolute Gasteiger partial charge is 0.487 e. The maximum absolute atomic E-state index is 14.0. The number of ether oxygens (including phenoxy) is 2. The molecule has 58 heavy (non-hydrogen) atoms. The number of amides is 3. The van der Waals surface area contributed by atoms with Crippen molar-refractivity contribution in [1.82, 2.24) is 15.2 Å². The second-order valence-electron chi connectivity index (χ2n) is 17.2. The lowest BCUT2D eigenvalue weighted by molar-refractivity contribution is 0.0159. The Kier molecular flexibility index (Phi) is 14.6. The van der Waals surface area contributed by atoms with Crippen molar-refractivity contribution in [2.75, 3.05) is 25.0 Å². The molecule has 308 valence electrons. The SMILES string of the molecule is CC(C)(C)OC(=O)N(CCc1ccc(NC(=O)NCCCc2ccccc2)cc1)C[C@H](O[Si](C)(C)C(C)(C)C)c1ccc(OCc2ccccc2)c2[nH]c(=O)ccc12. The minimum absolute atomic E-state index is 0.125. The van der Waals surface area contributed by atoms with Crippen molar-refractivity contribution < 1.29 is 23.5 Å². The van der Waals surface area contributed by atoms with Crippen LogP contribution in [0.4, 0.5) is 15.3 Å². The van der Waals surface area contributed by atoms with Gasteiger partial charge in [0.05, 0.1) is 18.2 Å². The molecule has 1 aromatic heterocycles. The van der Waals surface area contributed by atoms with Gasteiger partial charge in [-0.25, -0.2) is 9.59 Å². The van der Waals surface area contributed by atoms with Gasteiger partial charge < -0.3 is 34.4 Å². The number of carbonyl (C=O) groups is 2. The Morgan fingerprint density at radius 1 is 0.776 bits per heavy atom.